The minimum Gasteiger partial charge on any atom is -0.309 e. The first kappa shape index (κ1) is 33.9. The first-order valence-corrected chi connectivity index (χ1v) is 20.8. The molecule has 3 aliphatic rings. The molecule has 1 heteroatoms. The van der Waals surface area contributed by atoms with Crippen molar-refractivity contribution in [2.45, 2.75) is 24.7 Å². The van der Waals surface area contributed by atoms with E-state index in [4.69, 9.17) is 0 Å². The predicted octanol–water partition coefficient (Wildman–Crippen LogP) is 15.1. The third kappa shape index (κ3) is 4.67. The van der Waals surface area contributed by atoms with Gasteiger partial charge >= 0.3 is 0 Å². The van der Waals surface area contributed by atoms with E-state index in [0.717, 1.165) is 11.4 Å². The molecule has 0 saturated heterocycles. The van der Waals surface area contributed by atoms with Gasteiger partial charge in [0.2, 0.25) is 0 Å². The van der Waals surface area contributed by atoms with Crippen molar-refractivity contribution in [3.05, 3.63) is 246 Å². The SMILES string of the molecule is CC1(C)c2ccccc2-c2ccc(N(c3ccc(-c4ccccc4)cc3-c3ccccc3)c3cccc4c3-c3ccccc3C43c4ccccc4-c4ccccc43)cc21. The van der Waals surface area contributed by atoms with Gasteiger partial charge in [0, 0.05) is 22.2 Å². The molecular formula is C58H41N. The first-order chi connectivity index (χ1) is 29.0. The second kappa shape index (κ2) is 12.6. The van der Waals surface area contributed by atoms with Crippen molar-refractivity contribution >= 4 is 17.1 Å². The van der Waals surface area contributed by atoms with E-state index in [9.17, 15) is 0 Å². The van der Waals surface area contributed by atoms with Crippen molar-refractivity contribution in [2.75, 3.05) is 4.90 Å². The molecule has 278 valence electrons. The Bertz CT molecular complexity index is 3090. The summed E-state index contributed by atoms with van der Waals surface area (Å²) in [7, 11) is 0. The van der Waals surface area contributed by atoms with Gasteiger partial charge in [-0.15, -0.1) is 0 Å². The van der Waals surface area contributed by atoms with E-state index in [1.807, 2.05) is 0 Å². The van der Waals surface area contributed by atoms with Gasteiger partial charge in [0.15, 0.2) is 0 Å². The normalized spacial score (nSPS) is 14.2. The summed E-state index contributed by atoms with van der Waals surface area (Å²) in [5.74, 6) is 0. The van der Waals surface area contributed by atoms with Gasteiger partial charge in [0.05, 0.1) is 16.8 Å². The van der Waals surface area contributed by atoms with Gasteiger partial charge in [-0.2, -0.15) is 0 Å². The van der Waals surface area contributed by atoms with Gasteiger partial charge < -0.3 is 4.90 Å². The second-order valence-corrected chi connectivity index (χ2v) is 16.8. The van der Waals surface area contributed by atoms with Crippen molar-refractivity contribution in [1.82, 2.24) is 0 Å². The Kier molecular flexibility index (Phi) is 7.26. The van der Waals surface area contributed by atoms with Crippen LogP contribution in [0.25, 0.3) is 55.6 Å². The van der Waals surface area contributed by atoms with Crippen LogP contribution < -0.4 is 4.90 Å². The minimum atomic E-state index is -0.443. The number of nitrogens with zero attached hydrogens (tertiary/aromatic N) is 1. The highest BCUT2D eigenvalue weighted by atomic mass is 15.1. The van der Waals surface area contributed by atoms with Gasteiger partial charge in [0.25, 0.3) is 0 Å². The average Bonchev–Trinajstić information content (AvgIpc) is 3.86. The molecule has 0 saturated carbocycles. The van der Waals surface area contributed by atoms with Crippen LogP contribution in [0.4, 0.5) is 17.1 Å². The molecule has 0 radical (unpaired) electrons. The van der Waals surface area contributed by atoms with Crippen molar-refractivity contribution in [2.24, 2.45) is 0 Å². The van der Waals surface area contributed by atoms with Crippen LogP contribution in [-0.4, -0.2) is 0 Å². The van der Waals surface area contributed by atoms with Crippen LogP contribution >= 0.6 is 0 Å². The maximum absolute atomic E-state index is 2.57. The molecule has 0 heterocycles. The summed E-state index contributed by atoms with van der Waals surface area (Å²) in [5, 5.41) is 0. The summed E-state index contributed by atoms with van der Waals surface area (Å²) in [6.07, 6.45) is 0. The smallest absolute Gasteiger partial charge is 0.0726 e. The highest BCUT2D eigenvalue weighted by Crippen LogP contribution is 2.65. The molecule has 1 nitrogen and oxygen atoms in total. The molecule has 0 bridgehead atoms. The largest absolute Gasteiger partial charge is 0.309 e. The number of benzene rings is 9. The van der Waals surface area contributed by atoms with Gasteiger partial charge in [-0.3, -0.25) is 0 Å². The monoisotopic (exact) mass is 751 g/mol. The molecule has 59 heavy (non-hydrogen) atoms. The third-order valence-electron chi connectivity index (χ3n) is 13.5. The number of hydrogen-bond donors (Lipinski definition) is 0. The standard InChI is InChI=1S/C58H41N/c1-57(2)48-26-13-9-22-42(48)45-34-33-41(37-53(45)57)59(54-35-32-40(38-18-5-3-6-19-38)36-47(54)39-20-7-4-8-21-39)55-31-17-30-52-56(55)46-25-12-16-29-51(46)58(52)49-27-14-10-23-43(49)44-24-11-15-28-50(44)58/h3-37H,1-2H3. The summed E-state index contributed by atoms with van der Waals surface area (Å²) in [4.78, 5) is 2.57. The molecule has 0 N–H and O–H groups in total. The summed E-state index contributed by atoms with van der Waals surface area (Å²) in [6.45, 7) is 4.76. The topological polar surface area (TPSA) is 3.24 Å². The van der Waals surface area contributed by atoms with Crippen LogP contribution in [0.2, 0.25) is 0 Å². The van der Waals surface area contributed by atoms with E-state index in [0.29, 0.717) is 0 Å². The molecule has 0 amide bonds. The lowest BCUT2D eigenvalue weighted by Gasteiger charge is -2.33. The van der Waals surface area contributed by atoms with Crippen LogP contribution in [0.1, 0.15) is 47.2 Å². The third-order valence-corrected chi connectivity index (χ3v) is 13.5. The van der Waals surface area contributed by atoms with Crippen molar-refractivity contribution in [1.29, 1.82) is 0 Å². The minimum absolute atomic E-state index is 0.153. The predicted molar refractivity (Wildman–Crippen MR) is 246 cm³/mol. The fourth-order valence-electron chi connectivity index (χ4n) is 10.9. The van der Waals surface area contributed by atoms with E-state index < -0.39 is 5.41 Å². The fourth-order valence-corrected chi connectivity index (χ4v) is 10.9. The maximum Gasteiger partial charge on any atom is 0.0726 e. The molecule has 0 atom stereocenters. The van der Waals surface area contributed by atoms with E-state index in [1.165, 1.54) is 94.7 Å². The first-order valence-electron chi connectivity index (χ1n) is 20.8. The highest BCUT2D eigenvalue weighted by Gasteiger charge is 2.52. The van der Waals surface area contributed by atoms with Crippen LogP contribution in [0.3, 0.4) is 0 Å². The van der Waals surface area contributed by atoms with Gasteiger partial charge in [0.1, 0.15) is 0 Å². The Morgan fingerprint density at radius 3 is 1.47 bits per heavy atom. The lowest BCUT2D eigenvalue weighted by atomic mass is 9.70. The number of hydrogen-bond acceptors (Lipinski definition) is 1. The Morgan fingerprint density at radius 1 is 0.305 bits per heavy atom. The zero-order valence-corrected chi connectivity index (χ0v) is 33.2. The lowest BCUT2D eigenvalue weighted by molar-refractivity contribution is 0.660. The van der Waals surface area contributed by atoms with Gasteiger partial charge in [-0.05, 0) is 108 Å². The lowest BCUT2D eigenvalue weighted by Crippen LogP contribution is -2.26. The number of anilines is 3. The zero-order chi connectivity index (χ0) is 39.3. The van der Waals surface area contributed by atoms with Crippen molar-refractivity contribution in [3.8, 4) is 55.6 Å². The molecule has 0 unspecified atom stereocenters. The molecule has 0 fully saturated rings. The number of rotatable bonds is 5. The molecule has 12 rings (SSSR count). The average molecular weight is 752 g/mol. The van der Waals surface area contributed by atoms with Crippen LogP contribution in [0, 0.1) is 0 Å². The summed E-state index contributed by atoms with van der Waals surface area (Å²) in [5.41, 5.74) is 23.6. The summed E-state index contributed by atoms with van der Waals surface area (Å²) >= 11 is 0. The van der Waals surface area contributed by atoms with E-state index >= 15 is 0 Å². The van der Waals surface area contributed by atoms with Gasteiger partial charge in [-0.1, -0.05) is 196 Å². The molecular weight excluding hydrogens is 711 g/mol. The second-order valence-electron chi connectivity index (χ2n) is 16.8. The van der Waals surface area contributed by atoms with Crippen molar-refractivity contribution < 1.29 is 0 Å². The Balaban J connectivity index is 1.18. The van der Waals surface area contributed by atoms with Crippen LogP contribution in [0.5, 0.6) is 0 Å². The summed E-state index contributed by atoms with van der Waals surface area (Å²) in [6, 6.07) is 79.3. The van der Waals surface area contributed by atoms with Crippen LogP contribution in [0.15, 0.2) is 212 Å². The quantitative estimate of drug-likeness (QED) is 0.169. The Hall–Kier alpha value is -7.22. The molecule has 0 aromatic heterocycles. The Labute approximate surface area is 346 Å². The van der Waals surface area contributed by atoms with E-state index in [1.54, 1.807) is 0 Å². The molecule has 0 aliphatic heterocycles. The molecule has 9 aromatic carbocycles. The van der Waals surface area contributed by atoms with Gasteiger partial charge in [-0.25, -0.2) is 0 Å². The summed E-state index contributed by atoms with van der Waals surface area (Å²) < 4.78 is 0. The van der Waals surface area contributed by atoms with E-state index in [-0.39, 0.29) is 5.41 Å². The molecule has 1 spiro atoms. The molecule has 9 aromatic rings. The highest BCUT2D eigenvalue weighted by molar-refractivity contribution is 6.03. The van der Waals surface area contributed by atoms with Crippen LogP contribution in [-0.2, 0) is 10.8 Å². The zero-order valence-electron chi connectivity index (χ0n) is 33.2. The maximum atomic E-state index is 2.57. The molecule has 3 aliphatic carbocycles. The Morgan fingerprint density at radius 2 is 0.814 bits per heavy atom. The van der Waals surface area contributed by atoms with E-state index in [2.05, 4.69) is 231 Å². The number of fused-ring (bicyclic) bond motifs is 13. The van der Waals surface area contributed by atoms with Crippen molar-refractivity contribution in [3.63, 3.8) is 0 Å². The fraction of sp³-hybridized carbons (Fsp3) is 0.0690.